The number of esters is 1. The molecule has 20 heavy (non-hydrogen) atoms. The van der Waals surface area contributed by atoms with Crippen molar-refractivity contribution in [2.24, 2.45) is 0 Å². The Morgan fingerprint density at radius 3 is 2.60 bits per heavy atom. The van der Waals surface area contributed by atoms with E-state index < -0.39 is 5.97 Å². The number of aromatic amines is 1. The van der Waals surface area contributed by atoms with Crippen molar-refractivity contribution in [3.63, 3.8) is 0 Å². The van der Waals surface area contributed by atoms with E-state index in [1.165, 1.54) is 14.2 Å². The Kier molecular flexibility index (Phi) is 4.30. The van der Waals surface area contributed by atoms with Crippen LogP contribution >= 0.6 is 0 Å². The van der Waals surface area contributed by atoms with E-state index in [9.17, 15) is 4.79 Å². The molecular formula is C15H17NO4. The molecule has 106 valence electrons. The van der Waals surface area contributed by atoms with Gasteiger partial charge in [0.2, 0.25) is 0 Å². The first-order chi connectivity index (χ1) is 9.65. The Morgan fingerprint density at radius 2 is 2.00 bits per heavy atom. The average Bonchev–Trinajstić information content (AvgIpc) is 3.01. The second kappa shape index (κ2) is 6.14. The second-order valence-electron chi connectivity index (χ2n) is 4.24. The lowest BCUT2D eigenvalue weighted by molar-refractivity contribution is 0.0600. The number of ether oxygens (including phenoxy) is 3. The molecule has 5 nitrogen and oxygen atoms in total. The molecule has 0 saturated carbocycles. The number of methoxy groups -OCH3 is 2. The monoisotopic (exact) mass is 275 g/mol. The number of hydrogen-bond acceptors (Lipinski definition) is 4. The summed E-state index contributed by atoms with van der Waals surface area (Å²) in [5.74, 6) is 0.654. The van der Waals surface area contributed by atoms with Crippen LogP contribution in [0.3, 0.4) is 0 Å². The van der Waals surface area contributed by atoms with E-state index in [0.717, 1.165) is 5.69 Å². The first kappa shape index (κ1) is 14.0. The maximum atomic E-state index is 11.5. The third-order valence-electron chi connectivity index (χ3n) is 2.95. The highest BCUT2D eigenvalue weighted by atomic mass is 16.5. The van der Waals surface area contributed by atoms with Crippen LogP contribution in [0.1, 0.15) is 29.1 Å². The van der Waals surface area contributed by atoms with Gasteiger partial charge in [-0.3, -0.25) is 0 Å². The number of aromatic nitrogens is 1. The van der Waals surface area contributed by atoms with Gasteiger partial charge >= 0.3 is 5.97 Å². The maximum absolute atomic E-state index is 11.5. The molecule has 0 saturated heterocycles. The predicted molar refractivity (Wildman–Crippen MR) is 74.2 cm³/mol. The summed E-state index contributed by atoms with van der Waals surface area (Å²) in [4.78, 5) is 14.6. The molecule has 0 amide bonds. The zero-order valence-electron chi connectivity index (χ0n) is 11.7. The molecule has 2 aromatic rings. The van der Waals surface area contributed by atoms with E-state index in [4.69, 9.17) is 9.47 Å². The van der Waals surface area contributed by atoms with Crippen LogP contribution in [0.4, 0.5) is 0 Å². The summed E-state index contributed by atoms with van der Waals surface area (Å²) in [5.41, 5.74) is 1.38. The normalized spacial score (nSPS) is 11.8. The molecule has 0 radical (unpaired) electrons. The number of H-pyrrole nitrogens is 1. The fraction of sp³-hybridized carbons (Fsp3) is 0.267. The highest BCUT2D eigenvalue weighted by Gasteiger charge is 2.14. The van der Waals surface area contributed by atoms with Gasteiger partial charge in [-0.05, 0) is 37.3 Å². The average molecular weight is 275 g/mol. The van der Waals surface area contributed by atoms with Gasteiger partial charge in [-0.2, -0.15) is 0 Å². The summed E-state index contributed by atoms with van der Waals surface area (Å²) < 4.78 is 15.8. The Bertz CT molecular complexity index is 578. The first-order valence-electron chi connectivity index (χ1n) is 6.22. The molecule has 0 bridgehead atoms. The van der Waals surface area contributed by atoms with Gasteiger partial charge in [-0.1, -0.05) is 0 Å². The summed E-state index contributed by atoms with van der Waals surface area (Å²) in [5, 5.41) is 0. The second-order valence-corrected chi connectivity index (χ2v) is 4.24. The van der Waals surface area contributed by atoms with Crippen LogP contribution < -0.4 is 9.47 Å². The fourth-order valence-electron chi connectivity index (χ4n) is 1.86. The van der Waals surface area contributed by atoms with Crippen molar-refractivity contribution < 1.29 is 19.0 Å². The summed E-state index contributed by atoms with van der Waals surface area (Å²) in [6.07, 6.45) is 1.69. The van der Waals surface area contributed by atoms with Crippen LogP contribution in [0, 0.1) is 0 Å². The molecule has 1 N–H and O–H groups in total. The van der Waals surface area contributed by atoms with Crippen LogP contribution in [0.25, 0.3) is 0 Å². The molecule has 2 rings (SSSR count). The van der Waals surface area contributed by atoms with E-state index >= 15 is 0 Å². The lowest BCUT2D eigenvalue weighted by atomic mass is 10.2. The highest BCUT2D eigenvalue weighted by molar-refractivity contribution is 5.90. The molecule has 0 aliphatic heterocycles. The fourth-order valence-corrected chi connectivity index (χ4v) is 1.86. The lowest BCUT2D eigenvalue weighted by Crippen LogP contribution is -2.06. The molecule has 1 aromatic carbocycles. The van der Waals surface area contributed by atoms with Crippen molar-refractivity contribution in [1.82, 2.24) is 4.98 Å². The third-order valence-corrected chi connectivity index (χ3v) is 2.95. The minimum absolute atomic E-state index is 0.150. The van der Waals surface area contributed by atoms with E-state index in [2.05, 4.69) is 9.72 Å². The van der Waals surface area contributed by atoms with Crippen molar-refractivity contribution in [2.75, 3.05) is 14.2 Å². The van der Waals surface area contributed by atoms with Gasteiger partial charge in [-0.25, -0.2) is 4.79 Å². The minimum Gasteiger partial charge on any atom is -0.493 e. The van der Waals surface area contributed by atoms with E-state index in [-0.39, 0.29) is 6.10 Å². The SMILES string of the molecule is COC(=O)c1ccc(OC(C)c2ccc[nH]2)c(OC)c1. The number of nitrogens with one attached hydrogen (secondary N) is 1. The van der Waals surface area contributed by atoms with Gasteiger partial charge in [-0.15, -0.1) is 0 Å². The molecule has 0 spiro atoms. The lowest BCUT2D eigenvalue weighted by Gasteiger charge is -2.16. The summed E-state index contributed by atoms with van der Waals surface area (Å²) in [7, 11) is 2.87. The van der Waals surface area contributed by atoms with Gasteiger partial charge < -0.3 is 19.2 Å². The van der Waals surface area contributed by atoms with Gasteiger partial charge in [0, 0.05) is 6.20 Å². The van der Waals surface area contributed by atoms with Crippen molar-refractivity contribution in [1.29, 1.82) is 0 Å². The van der Waals surface area contributed by atoms with Crippen molar-refractivity contribution in [3.8, 4) is 11.5 Å². The van der Waals surface area contributed by atoms with Gasteiger partial charge in [0.1, 0.15) is 6.10 Å². The Hall–Kier alpha value is -2.43. The first-order valence-corrected chi connectivity index (χ1v) is 6.22. The van der Waals surface area contributed by atoms with Crippen molar-refractivity contribution >= 4 is 5.97 Å². The minimum atomic E-state index is -0.410. The van der Waals surface area contributed by atoms with Gasteiger partial charge in [0.15, 0.2) is 11.5 Å². The summed E-state index contributed by atoms with van der Waals surface area (Å²) >= 11 is 0. The largest absolute Gasteiger partial charge is 0.493 e. The van der Waals surface area contributed by atoms with Gasteiger partial charge in [0.05, 0.1) is 25.5 Å². The molecule has 0 fully saturated rings. The smallest absolute Gasteiger partial charge is 0.337 e. The molecular weight excluding hydrogens is 258 g/mol. The van der Waals surface area contributed by atoms with Gasteiger partial charge in [0.25, 0.3) is 0 Å². The number of benzene rings is 1. The predicted octanol–water partition coefficient (Wildman–Crippen LogP) is 2.95. The molecule has 1 unspecified atom stereocenters. The zero-order chi connectivity index (χ0) is 14.5. The number of rotatable bonds is 5. The topological polar surface area (TPSA) is 60.5 Å². The zero-order valence-corrected chi connectivity index (χ0v) is 11.7. The Morgan fingerprint density at radius 1 is 1.20 bits per heavy atom. The highest BCUT2D eigenvalue weighted by Crippen LogP contribution is 2.31. The quantitative estimate of drug-likeness (QED) is 0.852. The van der Waals surface area contributed by atoms with Crippen molar-refractivity contribution in [2.45, 2.75) is 13.0 Å². The van der Waals surface area contributed by atoms with E-state index in [0.29, 0.717) is 17.1 Å². The maximum Gasteiger partial charge on any atom is 0.337 e. The number of carbonyl (C=O) groups is 1. The molecule has 1 atom stereocenters. The molecule has 5 heteroatoms. The molecule has 0 aliphatic rings. The van der Waals surface area contributed by atoms with Crippen LogP contribution in [-0.4, -0.2) is 25.2 Å². The number of hydrogen-bond donors (Lipinski definition) is 1. The molecule has 1 heterocycles. The summed E-state index contributed by atoms with van der Waals surface area (Å²) in [6.45, 7) is 1.93. The Balaban J connectivity index is 2.21. The van der Waals surface area contributed by atoms with Crippen LogP contribution in [-0.2, 0) is 4.74 Å². The summed E-state index contributed by atoms with van der Waals surface area (Å²) in [6, 6.07) is 8.80. The van der Waals surface area contributed by atoms with E-state index in [1.807, 2.05) is 25.3 Å². The number of carbonyl (C=O) groups excluding carboxylic acids is 1. The third kappa shape index (κ3) is 2.93. The Labute approximate surface area is 117 Å². The van der Waals surface area contributed by atoms with Crippen LogP contribution in [0.15, 0.2) is 36.5 Å². The van der Waals surface area contributed by atoms with Crippen LogP contribution in [0.5, 0.6) is 11.5 Å². The van der Waals surface area contributed by atoms with Crippen molar-refractivity contribution in [3.05, 3.63) is 47.8 Å². The standard InChI is InChI=1S/C15H17NO4/c1-10(12-5-4-8-16-12)20-13-7-6-11(15(17)19-3)9-14(13)18-2/h4-10,16H,1-3H3. The molecule has 1 aromatic heterocycles. The van der Waals surface area contributed by atoms with E-state index in [1.54, 1.807) is 18.2 Å². The molecule has 0 aliphatic carbocycles. The van der Waals surface area contributed by atoms with Crippen LogP contribution in [0.2, 0.25) is 0 Å².